The molecule has 0 fully saturated rings. The smallest absolute Gasteiger partial charge is 0.330 e. The van der Waals surface area contributed by atoms with Crippen molar-refractivity contribution in [1.29, 1.82) is 0 Å². The van der Waals surface area contributed by atoms with Crippen molar-refractivity contribution in [2.75, 3.05) is 6.61 Å². The van der Waals surface area contributed by atoms with E-state index in [1.807, 2.05) is 19.1 Å². The molecule has 0 bridgehead atoms. The van der Waals surface area contributed by atoms with E-state index in [0.717, 1.165) is 11.1 Å². The van der Waals surface area contributed by atoms with E-state index >= 15 is 0 Å². The molecule has 1 rings (SSSR count). The second-order valence-electron chi connectivity index (χ2n) is 3.64. The Kier molecular flexibility index (Phi) is 5.96. The number of hydrogen-bond donors (Lipinski definition) is 0. The van der Waals surface area contributed by atoms with Crippen LogP contribution in [0.4, 0.5) is 0 Å². The van der Waals surface area contributed by atoms with Crippen LogP contribution in [0, 0.1) is 0 Å². The molecule has 0 saturated heterocycles. The Morgan fingerprint density at radius 1 is 1.33 bits per heavy atom. The maximum absolute atomic E-state index is 11.1. The van der Waals surface area contributed by atoms with E-state index in [9.17, 15) is 4.79 Å². The maximum atomic E-state index is 11.1. The fourth-order valence-corrected chi connectivity index (χ4v) is 1.76. The van der Waals surface area contributed by atoms with Crippen molar-refractivity contribution in [1.82, 2.24) is 0 Å². The van der Waals surface area contributed by atoms with Crippen molar-refractivity contribution >= 4 is 35.2 Å². The van der Waals surface area contributed by atoms with Crippen molar-refractivity contribution in [3.05, 3.63) is 51.5 Å². The van der Waals surface area contributed by atoms with Gasteiger partial charge in [-0.05, 0) is 31.5 Å². The van der Waals surface area contributed by atoms with Gasteiger partial charge in [0.15, 0.2) is 0 Å². The molecule has 1 aromatic rings. The zero-order valence-corrected chi connectivity index (χ0v) is 11.8. The van der Waals surface area contributed by atoms with Gasteiger partial charge in [-0.1, -0.05) is 47.0 Å². The van der Waals surface area contributed by atoms with E-state index in [2.05, 4.69) is 0 Å². The molecule has 0 heterocycles. The van der Waals surface area contributed by atoms with E-state index in [4.69, 9.17) is 27.9 Å². The summed E-state index contributed by atoms with van der Waals surface area (Å²) in [5, 5.41) is 1.17. The third kappa shape index (κ3) is 4.94. The van der Waals surface area contributed by atoms with Crippen LogP contribution in [0.3, 0.4) is 0 Å². The molecule has 0 unspecified atom stereocenters. The molecule has 0 aliphatic rings. The molecule has 0 saturated carbocycles. The van der Waals surface area contributed by atoms with Crippen molar-refractivity contribution < 1.29 is 9.53 Å². The summed E-state index contributed by atoms with van der Waals surface area (Å²) in [5.41, 5.74) is 1.75. The van der Waals surface area contributed by atoms with Gasteiger partial charge in [-0.2, -0.15) is 0 Å². The van der Waals surface area contributed by atoms with Crippen LogP contribution in [0.5, 0.6) is 0 Å². The normalized spacial score (nSPS) is 11.9. The zero-order chi connectivity index (χ0) is 13.5. The summed E-state index contributed by atoms with van der Waals surface area (Å²) >= 11 is 11.9. The second kappa shape index (κ2) is 7.24. The van der Waals surface area contributed by atoms with Crippen LogP contribution in [0.2, 0.25) is 10.0 Å². The van der Waals surface area contributed by atoms with Gasteiger partial charge in [0.25, 0.3) is 0 Å². The van der Waals surface area contributed by atoms with Crippen molar-refractivity contribution in [2.45, 2.75) is 13.8 Å². The molecule has 0 aromatic heterocycles. The monoisotopic (exact) mass is 284 g/mol. The zero-order valence-electron chi connectivity index (χ0n) is 10.2. The number of carbonyl (C=O) groups is 1. The molecular weight excluding hydrogens is 271 g/mol. The summed E-state index contributed by atoms with van der Waals surface area (Å²) in [5.74, 6) is -0.354. The Morgan fingerprint density at radius 3 is 2.67 bits per heavy atom. The van der Waals surface area contributed by atoms with Crippen molar-refractivity contribution in [3.8, 4) is 0 Å². The summed E-state index contributed by atoms with van der Waals surface area (Å²) in [6, 6.07) is 5.27. The lowest BCUT2D eigenvalue weighted by Crippen LogP contribution is -1.98. The molecular formula is C14H14Cl2O2. The summed E-state index contributed by atoms with van der Waals surface area (Å²) in [6.07, 6.45) is 4.94. The number of rotatable bonds is 4. The highest BCUT2D eigenvalue weighted by atomic mass is 35.5. The number of allylic oxidation sites excluding steroid dienone is 2. The minimum atomic E-state index is -0.354. The van der Waals surface area contributed by atoms with Gasteiger partial charge >= 0.3 is 5.97 Å². The van der Waals surface area contributed by atoms with Crippen LogP contribution < -0.4 is 0 Å². The van der Waals surface area contributed by atoms with Crippen LogP contribution in [0.1, 0.15) is 19.4 Å². The first-order chi connectivity index (χ1) is 8.52. The first kappa shape index (κ1) is 14.8. The van der Waals surface area contributed by atoms with Gasteiger partial charge in [0, 0.05) is 16.1 Å². The van der Waals surface area contributed by atoms with Crippen molar-refractivity contribution in [2.24, 2.45) is 0 Å². The number of carbonyl (C=O) groups excluding carboxylic acids is 1. The maximum Gasteiger partial charge on any atom is 0.330 e. The van der Waals surface area contributed by atoms with E-state index in [1.54, 1.807) is 25.1 Å². The van der Waals surface area contributed by atoms with Gasteiger partial charge in [-0.15, -0.1) is 0 Å². The standard InChI is InChI=1S/C14H14Cl2O2/c1-3-18-14(17)7-4-10(2)8-11-5-6-12(15)9-13(11)16/h4-9H,3H2,1-2H3/b7-4+,10-8+. The van der Waals surface area contributed by atoms with Crippen LogP contribution >= 0.6 is 23.2 Å². The second-order valence-corrected chi connectivity index (χ2v) is 4.48. The molecule has 4 heteroatoms. The molecule has 0 aliphatic carbocycles. The highest BCUT2D eigenvalue weighted by Gasteiger charge is 1.99. The van der Waals surface area contributed by atoms with Crippen molar-refractivity contribution in [3.63, 3.8) is 0 Å². The van der Waals surface area contributed by atoms with Gasteiger partial charge in [0.2, 0.25) is 0 Å². The predicted molar refractivity (Wildman–Crippen MR) is 75.9 cm³/mol. The number of benzene rings is 1. The highest BCUT2D eigenvalue weighted by Crippen LogP contribution is 2.23. The highest BCUT2D eigenvalue weighted by molar-refractivity contribution is 6.35. The Bertz CT molecular complexity index is 491. The van der Waals surface area contributed by atoms with Gasteiger partial charge in [-0.3, -0.25) is 0 Å². The van der Waals surface area contributed by atoms with Gasteiger partial charge in [0.1, 0.15) is 0 Å². The summed E-state index contributed by atoms with van der Waals surface area (Å²) < 4.78 is 4.79. The lowest BCUT2D eigenvalue weighted by atomic mass is 10.1. The number of esters is 1. The minimum Gasteiger partial charge on any atom is -0.463 e. The molecule has 0 N–H and O–H groups in total. The SMILES string of the molecule is CCOC(=O)/C=C/C(C)=C/c1ccc(Cl)cc1Cl. The van der Waals surface area contributed by atoms with E-state index in [-0.39, 0.29) is 5.97 Å². The fourth-order valence-electron chi connectivity index (χ4n) is 1.30. The molecule has 1 aromatic carbocycles. The molecule has 18 heavy (non-hydrogen) atoms. The largest absolute Gasteiger partial charge is 0.463 e. The molecule has 0 atom stereocenters. The van der Waals surface area contributed by atoms with E-state index in [1.165, 1.54) is 6.08 Å². The number of ether oxygens (including phenoxy) is 1. The lowest BCUT2D eigenvalue weighted by Gasteiger charge is -2.00. The average molecular weight is 285 g/mol. The molecule has 0 spiro atoms. The molecule has 96 valence electrons. The Balaban J connectivity index is 2.79. The number of hydrogen-bond acceptors (Lipinski definition) is 2. The molecule has 0 radical (unpaired) electrons. The summed E-state index contributed by atoms with van der Waals surface area (Å²) in [4.78, 5) is 11.1. The topological polar surface area (TPSA) is 26.3 Å². The van der Waals surface area contributed by atoms with Gasteiger partial charge in [0.05, 0.1) is 6.61 Å². The summed E-state index contributed by atoms with van der Waals surface area (Å²) in [6.45, 7) is 4.01. The van der Waals surface area contributed by atoms with Crippen LogP contribution in [-0.4, -0.2) is 12.6 Å². The average Bonchev–Trinajstić information content (AvgIpc) is 2.31. The van der Waals surface area contributed by atoms with Gasteiger partial charge < -0.3 is 4.74 Å². The lowest BCUT2D eigenvalue weighted by molar-refractivity contribution is -0.137. The third-order valence-electron chi connectivity index (χ3n) is 2.11. The molecule has 0 amide bonds. The quantitative estimate of drug-likeness (QED) is 0.462. The number of halogens is 2. The molecule has 0 aliphatic heterocycles. The first-order valence-corrected chi connectivity index (χ1v) is 6.26. The first-order valence-electron chi connectivity index (χ1n) is 5.51. The van der Waals surface area contributed by atoms with Crippen LogP contribution in [0.25, 0.3) is 6.08 Å². The van der Waals surface area contributed by atoms with E-state index < -0.39 is 0 Å². The summed E-state index contributed by atoms with van der Waals surface area (Å²) in [7, 11) is 0. The Morgan fingerprint density at radius 2 is 2.06 bits per heavy atom. The Labute approximate surface area is 117 Å². The van der Waals surface area contributed by atoms with Crippen LogP contribution in [-0.2, 0) is 9.53 Å². The van der Waals surface area contributed by atoms with Gasteiger partial charge in [-0.25, -0.2) is 4.79 Å². The predicted octanol–water partition coefficient (Wildman–Crippen LogP) is 4.52. The minimum absolute atomic E-state index is 0.354. The van der Waals surface area contributed by atoms with E-state index in [0.29, 0.717) is 16.7 Å². The Hall–Kier alpha value is -1.25. The fraction of sp³-hybridized carbons (Fsp3) is 0.214. The molecule has 2 nitrogen and oxygen atoms in total. The third-order valence-corrected chi connectivity index (χ3v) is 2.68. The van der Waals surface area contributed by atoms with Crippen LogP contribution in [0.15, 0.2) is 35.9 Å².